The van der Waals surface area contributed by atoms with Gasteiger partial charge in [0.2, 0.25) is 0 Å². The van der Waals surface area contributed by atoms with Crippen molar-refractivity contribution < 1.29 is 9.47 Å². The van der Waals surface area contributed by atoms with Gasteiger partial charge in [0, 0.05) is 11.1 Å². The first kappa shape index (κ1) is 11.3. The molecule has 0 spiro atoms. The zero-order valence-corrected chi connectivity index (χ0v) is 10.1. The normalized spacial score (nSPS) is 19.0. The van der Waals surface area contributed by atoms with Gasteiger partial charge in [0.25, 0.3) is 0 Å². The summed E-state index contributed by atoms with van der Waals surface area (Å²) in [4.78, 5) is 0. The minimum atomic E-state index is -0.320. The topological polar surface area (TPSA) is 44.5 Å². The molecule has 88 valence electrons. The van der Waals surface area contributed by atoms with E-state index in [0.717, 1.165) is 17.1 Å². The van der Waals surface area contributed by atoms with Gasteiger partial charge in [0.15, 0.2) is 11.5 Å². The quantitative estimate of drug-likeness (QED) is 0.848. The predicted octanol–water partition coefficient (Wildman–Crippen LogP) is 2.29. The molecule has 0 heterocycles. The number of rotatable bonds is 4. The maximum atomic E-state index is 6.41. The molecule has 3 nitrogen and oxygen atoms in total. The second kappa shape index (κ2) is 3.98. The average Bonchev–Trinajstić information content (AvgIpc) is 3.11. The van der Waals surface area contributed by atoms with E-state index >= 15 is 0 Å². The third kappa shape index (κ3) is 1.76. The lowest BCUT2D eigenvalue weighted by molar-refractivity contribution is 0.332. The molecule has 1 atom stereocenters. The predicted molar refractivity (Wildman–Crippen MR) is 63.8 cm³/mol. The van der Waals surface area contributed by atoms with E-state index in [4.69, 9.17) is 15.2 Å². The summed E-state index contributed by atoms with van der Waals surface area (Å²) in [6.45, 7) is 2.07. The summed E-state index contributed by atoms with van der Waals surface area (Å²) in [7, 11) is 3.30. The maximum absolute atomic E-state index is 6.41. The summed E-state index contributed by atoms with van der Waals surface area (Å²) in [5.74, 6) is 2.08. The number of methoxy groups -OCH3 is 2. The molecule has 1 aliphatic carbocycles. The lowest BCUT2D eigenvalue weighted by Gasteiger charge is -2.27. The second-order valence-electron chi connectivity index (χ2n) is 4.60. The summed E-state index contributed by atoms with van der Waals surface area (Å²) < 4.78 is 10.7. The SMILES string of the molecule is COc1cccc(C(C)(N)C2CC2)c1OC. The highest BCUT2D eigenvalue weighted by Gasteiger charge is 2.41. The Kier molecular flexibility index (Phi) is 2.80. The summed E-state index contributed by atoms with van der Waals surface area (Å²) >= 11 is 0. The monoisotopic (exact) mass is 221 g/mol. The number of para-hydroxylation sites is 1. The Morgan fingerprint density at radius 2 is 1.94 bits per heavy atom. The summed E-state index contributed by atoms with van der Waals surface area (Å²) in [6.07, 6.45) is 2.40. The van der Waals surface area contributed by atoms with Crippen LogP contribution in [0.4, 0.5) is 0 Å². The van der Waals surface area contributed by atoms with Gasteiger partial charge < -0.3 is 15.2 Å². The highest BCUT2D eigenvalue weighted by Crippen LogP contribution is 2.48. The molecule has 0 aromatic heterocycles. The van der Waals surface area contributed by atoms with Gasteiger partial charge in [-0.25, -0.2) is 0 Å². The smallest absolute Gasteiger partial charge is 0.165 e. The molecule has 1 aromatic carbocycles. The van der Waals surface area contributed by atoms with Crippen molar-refractivity contribution in [2.24, 2.45) is 11.7 Å². The fourth-order valence-corrected chi connectivity index (χ4v) is 2.21. The van der Waals surface area contributed by atoms with Crippen molar-refractivity contribution in [1.29, 1.82) is 0 Å². The van der Waals surface area contributed by atoms with Crippen LogP contribution in [0.25, 0.3) is 0 Å². The molecule has 1 aliphatic rings. The lowest BCUT2D eigenvalue weighted by atomic mass is 9.87. The molecule has 0 saturated heterocycles. The Hall–Kier alpha value is -1.22. The summed E-state index contributed by atoms with van der Waals surface area (Å²) in [6, 6.07) is 5.88. The van der Waals surface area contributed by atoms with Gasteiger partial charge in [-0.05, 0) is 31.7 Å². The zero-order valence-electron chi connectivity index (χ0n) is 10.1. The molecule has 0 amide bonds. The zero-order chi connectivity index (χ0) is 11.8. The molecule has 1 aromatic rings. The van der Waals surface area contributed by atoms with Gasteiger partial charge in [-0.3, -0.25) is 0 Å². The van der Waals surface area contributed by atoms with E-state index in [1.165, 1.54) is 12.8 Å². The minimum Gasteiger partial charge on any atom is -0.493 e. The van der Waals surface area contributed by atoms with Gasteiger partial charge in [0.1, 0.15) is 0 Å². The molecule has 1 unspecified atom stereocenters. The first-order chi connectivity index (χ1) is 7.61. The molecule has 2 N–H and O–H groups in total. The third-order valence-electron chi connectivity index (χ3n) is 3.41. The third-order valence-corrected chi connectivity index (χ3v) is 3.41. The van der Waals surface area contributed by atoms with E-state index in [2.05, 4.69) is 6.92 Å². The van der Waals surface area contributed by atoms with Gasteiger partial charge in [0.05, 0.1) is 14.2 Å². The van der Waals surface area contributed by atoms with Gasteiger partial charge >= 0.3 is 0 Å². The van der Waals surface area contributed by atoms with Crippen LogP contribution in [-0.2, 0) is 5.54 Å². The van der Waals surface area contributed by atoms with Crippen LogP contribution >= 0.6 is 0 Å². The highest BCUT2D eigenvalue weighted by atomic mass is 16.5. The molecular weight excluding hydrogens is 202 g/mol. The van der Waals surface area contributed by atoms with Crippen molar-refractivity contribution in [3.8, 4) is 11.5 Å². The molecular formula is C13H19NO2. The van der Waals surface area contributed by atoms with Crippen LogP contribution < -0.4 is 15.2 Å². The highest BCUT2D eigenvalue weighted by molar-refractivity contribution is 5.50. The Morgan fingerprint density at radius 1 is 1.25 bits per heavy atom. The largest absolute Gasteiger partial charge is 0.493 e. The van der Waals surface area contributed by atoms with E-state index in [-0.39, 0.29) is 5.54 Å². The lowest BCUT2D eigenvalue weighted by Crippen LogP contribution is -2.35. The maximum Gasteiger partial charge on any atom is 0.165 e. The Morgan fingerprint density at radius 3 is 2.44 bits per heavy atom. The molecule has 0 aliphatic heterocycles. The molecule has 3 heteroatoms. The molecule has 2 rings (SSSR count). The number of hydrogen-bond acceptors (Lipinski definition) is 3. The van der Waals surface area contributed by atoms with Crippen molar-refractivity contribution in [2.75, 3.05) is 14.2 Å². The van der Waals surface area contributed by atoms with Crippen molar-refractivity contribution in [3.05, 3.63) is 23.8 Å². The summed E-state index contributed by atoms with van der Waals surface area (Å²) in [5.41, 5.74) is 7.13. The van der Waals surface area contributed by atoms with Gasteiger partial charge in [-0.2, -0.15) is 0 Å². The van der Waals surface area contributed by atoms with Crippen LogP contribution in [0.2, 0.25) is 0 Å². The molecule has 0 bridgehead atoms. The van der Waals surface area contributed by atoms with Crippen LogP contribution in [0.3, 0.4) is 0 Å². The van der Waals surface area contributed by atoms with Gasteiger partial charge in [-0.15, -0.1) is 0 Å². The van der Waals surface area contributed by atoms with Crippen molar-refractivity contribution in [1.82, 2.24) is 0 Å². The van der Waals surface area contributed by atoms with Crippen molar-refractivity contribution in [2.45, 2.75) is 25.3 Å². The fourth-order valence-electron chi connectivity index (χ4n) is 2.21. The van der Waals surface area contributed by atoms with Crippen LogP contribution in [0, 0.1) is 5.92 Å². The molecule has 1 saturated carbocycles. The number of benzene rings is 1. The van der Waals surface area contributed by atoms with E-state index < -0.39 is 0 Å². The first-order valence-electron chi connectivity index (χ1n) is 5.61. The van der Waals surface area contributed by atoms with Crippen molar-refractivity contribution in [3.63, 3.8) is 0 Å². The molecule has 0 radical (unpaired) electrons. The minimum absolute atomic E-state index is 0.320. The molecule has 1 fully saturated rings. The van der Waals surface area contributed by atoms with E-state index in [1.54, 1.807) is 14.2 Å². The fraction of sp³-hybridized carbons (Fsp3) is 0.538. The van der Waals surface area contributed by atoms with Crippen molar-refractivity contribution >= 4 is 0 Å². The molecule has 16 heavy (non-hydrogen) atoms. The van der Waals surface area contributed by atoms with E-state index in [9.17, 15) is 0 Å². The Balaban J connectivity index is 2.46. The van der Waals surface area contributed by atoms with Crippen LogP contribution in [0.5, 0.6) is 11.5 Å². The average molecular weight is 221 g/mol. The number of nitrogens with two attached hydrogens (primary N) is 1. The number of hydrogen-bond donors (Lipinski definition) is 1. The van der Waals surface area contributed by atoms with Crippen LogP contribution in [0.1, 0.15) is 25.3 Å². The van der Waals surface area contributed by atoms with Crippen LogP contribution in [0.15, 0.2) is 18.2 Å². The Labute approximate surface area is 96.5 Å². The Bertz CT molecular complexity index is 384. The summed E-state index contributed by atoms with van der Waals surface area (Å²) in [5, 5.41) is 0. The second-order valence-corrected chi connectivity index (χ2v) is 4.60. The van der Waals surface area contributed by atoms with Gasteiger partial charge in [-0.1, -0.05) is 12.1 Å². The standard InChI is InChI=1S/C13H19NO2/c1-13(14,9-7-8-9)10-5-4-6-11(15-2)12(10)16-3/h4-6,9H,7-8,14H2,1-3H3. The van der Waals surface area contributed by atoms with E-state index in [0.29, 0.717) is 5.92 Å². The first-order valence-corrected chi connectivity index (χ1v) is 5.61. The van der Waals surface area contributed by atoms with Crippen LogP contribution in [-0.4, -0.2) is 14.2 Å². The van der Waals surface area contributed by atoms with E-state index in [1.807, 2.05) is 18.2 Å². The number of ether oxygens (including phenoxy) is 2.